The lowest BCUT2D eigenvalue weighted by Crippen LogP contribution is -2.40. The average Bonchev–Trinajstić information content (AvgIpc) is 2.89. The standard InChI is InChI=1S/C26H34N2O5S/c1-32-23-13-12-20(18-24(23)34(30,31)28-14-16-33-17-15-28)19-25(29)27-26(21-8-4-2-5-9-21)22-10-6-3-7-11-22/h2,4-5,8-9,12-13,18,22,26H,3,6-7,10-11,14-17,19H2,1H3,(H,27,29). The first-order chi connectivity index (χ1) is 16.5. The van der Waals surface area contributed by atoms with Crippen molar-refractivity contribution >= 4 is 15.9 Å². The minimum atomic E-state index is -3.75. The van der Waals surface area contributed by atoms with Gasteiger partial charge in [-0.2, -0.15) is 4.31 Å². The molecule has 8 heteroatoms. The molecule has 1 aliphatic carbocycles. The molecule has 1 N–H and O–H groups in total. The summed E-state index contributed by atoms with van der Waals surface area (Å²) in [6.07, 6.45) is 5.93. The summed E-state index contributed by atoms with van der Waals surface area (Å²) in [4.78, 5) is 13.2. The number of methoxy groups -OCH3 is 1. The van der Waals surface area contributed by atoms with Crippen LogP contribution in [0.3, 0.4) is 0 Å². The lowest BCUT2D eigenvalue weighted by atomic mass is 9.81. The molecule has 2 aromatic carbocycles. The second-order valence-electron chi connectivity index (χ2n) is 9.03. The highest BCUT2D eigenvalue weighted by Crippen LogP contribution is 2.35. The first-order valence-corrected chi connectivity index (χ1v) is 13.5. The maximum absolute atomic E-state index is 13.3. The molecule has 0 radical (unpaired) electrons. The highest BCUT2D eigenvalue weighted by molar-refractivity contribution is 7.89. The number of rotatable bonds is 8. The molecule has 4 rings (SSSR count). The first kappa shape index (κ1) is 24.7. The van der Waals surface area contributed by atoms with Crippen LogP contribution >= 0.6 is 0 Å². The van der Waals surface area contributed by atoms with Crippen LogP contribution < -0.4 is 10.1 Å². The van der Waals surface area contributed by atoms with Gasteiger partial charge in [0.25, 0.3) is 0 Å². The third-order valence-electron chi connectivity index (χ3n) is 6.78. The van der Waals surface area contributed by atoms with E-state index in [1.165, 1.54) is 30.7 Å². The topological polar surface area (TPSA) is 84.9 Å². The van der Waals surface area contributed by atoms with Crippen LogP contribution in [-0.4, -0.2) is 52.0 Å². The van der Waals surface area contributed by atoms with Crippen LogP contribution in [0.25, 0.3) is 0 Å². The van der Waals surface area contributed by atoms with Crippen LogP contribution in [0.4, 0.5) is 0 Å². The van der Waals surface area contributed by atoms with E-state index in [0.717, 1.165) is 18.4 Å². The van der Waals surface area contributed by atoms with E-state index in [1.807, 2.05) is 18.2 Å². The zero-order valence-electron chi connectivity index (χ0n) is 19.7. The molecule has 2 fully saturated rings. The average molecular weight is 487 g/mol. The van der Waals surface area contributed by atoms with Gasteiger partial charge >= 0.3 is 0 Å². The van der Waals surface area contributed by atoms with Gasteiger partial charge in [-0.1, -0.05) is 55.7 Å². The van der Waals surface area contributed by atoms with Crippen molar-refractivity contribution in [2.45, 2.75) is 49.5 Å². The Morgan fingerprint density at radius 2 is 1.79 bits per heavy atom. The van der Waals surface area contributed by atoms with Crippen molar-refractivity contribution in [3.8, 4) is 5.75 Å². The zero-order valence-corrected chi connectivity index (χ0v) is 20.6. The summed E-state index contributed by atoms with van der Waals surface area (Å²) in [6, 6.07) is 15.1. The van der Waals surface area contributed by atoms with Gasteiger partial charge in [0, 0.05) is 13.1 Å². The molecule has 2 aromatic rings. The van der Waals surface area contributed by atoms with Gasteiger partial charge in [0.2, 0.25) is 15.9 Å². The zero-order chi connectivity index (χ0) is 24.0. The molecule has 1 saturated heterocycles. The van der Waals surface area contributed by atoms with Crippen LogP contribution in [0, 0.1) is 5.92 Å². The Labute approximate surface area is 202 Å². The normalized spacial score (nSPS) is 18.9. The lowest BCUT2D eigenvalue weighted by Gasteiger charge is -2.31. The number of hydrogen-bond acceptors (Lipinski definition) is 5. The number of nitrogens with zero attached hydrogens (tertiary/aromatic N) is 1. The van der Waals surface area contributed by atoms with Gasteiger partial charge in [-0.25, -0.2) is 8.42 Å². The number of amides is 1. The van der Waals surface area contributed by atoms with E-state index >= 15 is 0 Å². The van der Waals surface area contributed by atoms with E-state index in [9.17, 15) is 13.2 Å². The molecule has 0 aromatic heterocycles. The third-order valence-corrected chi connectivity index (χ3v) is 8.70. The SMILES string of the molecule is COc1ccc(CC(=O)NC(c2ccccc2)C2CCCCC2)cc1S(=O)(=O)N1CCOCC1. The molecule has 2 aliphatic rings. The summed E-state index contributed by atoms with van der Waals surface area (Å²) in [5.74, 6) is 0.576. The van der Waals surface area contributed by atoms with Crippen molar-refractivity contribution in [1.82, 2.24) is 9.62 Å². The minimum absolute atomic E-state index is 0.0381. The number of carbonyl (C=O) groups excluding carboxylic acids is 1. The fraction of sp³-hybridized carbons (Fsp3) is 0.500. The molecule has 1 amide bonds. The monoisotopic (exact) mass is 486 g/mol. The molecular weight excluding hydrogens is 452 g/mol. The van der Waals surface area contributed by atoms with Gasteiger partial charge in [-0.05, 0) is 42.0 Å². The Kier molecular flexibility index (Phi) is 8.24. The van der Waals surface area contributed by atoms with Crippen molar-refractivity contribution in [3.05, 3.63) is 59.7 Å². The van der Waals surface area contributed by atoms with Crippen LogP contribution in [0.5, 0.6) is 5.75 Å². The predicted molar refractivity (Wildman–Crippen MR) is 130 cm³/mol. The van der Waals surface area contributed by atoms with Crippen molar-refractivity contribution in [1.29, 1.82) is 0 Å². The number of benzene rings is 2. The summed E-state index contributed by atoms with van der Waals surface area (Å²) in [6.45, 7) is 1.34. The van der Waals surface area contributed by atoms with Crippen molar-refractivity contribution in [2.24, 2.45) is 5.92 Å². The number of ether oxygens (including phenoxy) is 2. The minimum Gasteiger partial charge on any atom is -0.495 e. The van der Waals surface area contributed by atoms with Gasteiger partial charge in [0.1, 0.15) is 10.6 Å². The summed E-state index contributed by atoms with van der Waals surface area (Å²) in [5, 5.41) is 3.26. The maximum Gasteiger partial charge on any atom is 0.246 e. The number of morpholine rings is 1. The van der Waals surface area contributed by atoms with E-state index in [1.54, 1.807) is 18.2 Å². The molecule has 7 nitrogen and oxygen atoms in total. The predicted octanol–water partition coefficient (Wildman–Crippen LogP) is 3.70. The molecule has 0 bridgehead atoms. The van der Waals surface area contributed by atoms with Crippen LogP contribution in [0.2, 0.25) is 0 Å². The number of hydrogen-bond donors (Lipinski definition) is 1. The number of carbonyl (C=O) groups is 1. The molecule has 1 heterocycles. The van der Waals surface area contributed by atoms with Crippen molar-refractivity contribution in [3.63, 3.8) is 0 Å². The molecule has 1 aliphatic heterocycles. The Hall–Kier alpha value is -2.42. The highest BCUT2D eigenvalue weighted by Gasteiger charge is 2.30. The second kappa shape index (κ2) is 11.3. The largest absolute Gasteiger partial charge is 0.495 e. The third kappa shape index (κ3) is 5.79. The first-order valence-electron chi connectivity index (χ1n) is 12.1. The molecule has 0 spiro atoms. The van der Waals surface area contributed by atoms with Gasteiger partial charge in [-0.15, -0.1) is 0 Å². The number of sulfonamides is 1. The van der Waals surface area contributed by atoms with Gasteiger partial charge in [0.15, 0.2) is 0 Å². The molecule has 184 valence electrons. The molecule has 1 atom stereocenters. The Morgan fingerprint density at radius 3 is 2.47 bits per heavy atom. The smallest absolute Gasteiger partial charge is 0.246 e. The number of nitrogens with one attached hydrogen (secondary N) is 1. The summed E-state index contributed by atoms with van der Waals surface area (Å²) < 4.78 is 38.6. The summed E-state index contributed by atoms with van der Waals surface area (Å²) >= 11 is 0. The van der Waals surface area contributed by atoms with E-state index in [4.69, 9.17) is 9.47 Å². The molecule has 1 saturated carbocycles. The van der Waals surface area contributed by atoms with E-state index in [-0.39, 0.29) is 29.0 Å². The van der Waals surface area contributed by atoms with Crippen molar-refractivity contribution < 1.29 is 22.7 Å². The van der Waals surface area contributed by atoms with Gasteiger partial charge in [0.05, 0.1) is 32.8 Å². The Bertz CT molecular complexity index is 1060. The van der Waals surface area contributed by atoms with E-state index in [2.05, 4.69) is 17.4 Å². The fourth-order valence-electron chi connectivity index (χ4n) is 4.97. The van der Waals surface area contributed by atoms with E-state index in [0.29, 0.717) is 37.8 Å². The maximum atomic E-state index is 13.3. The van der Waals surface area contributed by atoms with E-state index < -0.39 is 10.0 Å². The Morgan fingerprint density at radius 1 is 1.09 bits per heavy atom. The summed E-state index contributed by atoms with van der Waals surface area (Å²) in [5.41, 5.74) is 1.76. The molecular formula is C26H34N2O5S. The quantitative estimate of drug-likeness (QED) is 0.615. The van der Waals surface area contributed by atoms with Crippen LogP contribution in [-0.2, 0) is 26.0 Å². The van der Waals surface area contributed by atoms with Gasteiger partial charge < -0.3 is 14.8 Å². The Balaban J connectivity index is 1.53. The van der Waals surface area contributed by atoms with Gasteiger partial charge in [-0.3, -0.25) is 4.79 Å². The molecule has 1 unspecified atom stereocenters. The van der Waals surface area contributed by atoms with Crippen LogP contribution in [0.1, 0.15) is 49.3 Å². The second-order valence-corrected chi connectivity index (χ2v) is 10.9. The highest BCUT2D eigenvalue weighted by atomic mass is 32.2. The molecule has 34 heavy (non-hydrogen) atoms. The summed E-state index contributed by atoms with van der Waals surface area (Å²) in [7, 11) is -2.30. The lowest BCUT2D eigenvalue weighted by molar-refractivity contribution is -0.121. The van der Waals surface area contributed by atoms with Crippen LogP contribution in [0.15, 0.2) is 53.4 Å². The van der Waals surface area contributed by atoms with Crippen molar-refractivity contribution in [2.75, 3.05) is 33.4 Å². The fourth-order valence-corrected chi connectivity index (χ4v) is 6.58.